The molecular weight excluding hydrogens is 220 g/mol. The summed E-state index contributed by atoms with van der Waals surface area (Å²) in [7, 11) is 0. The molecule has 1 saturated heterocycles. The lowest BCUT2D eigenvalue weighted by Gasteiger charge is -2.33. The Balaban J connectivity index is 2.40. The molecule has 0 radical (unpaired) electrons. The lowest BCUT2D eigenvalue weighted by atomic mass is 10.0. The van der Waals surface area contributed by atoms with Gasteiger partial charge in [0.15, 0.2) is 0 Å². The highest BCUT2D eigenvalue weighted by Crippen LogP contribution is 2.22. The van der Waals surface area contributed by atoms with Crippen LogP contribution in [0.15, 0.2) is 0 Å². The molecule has 1 heterocycles. The standard InChI is InChI=1S/C12H24N2OS/c1-3-11-9-14(7-8-16-11)12(15)10(2)5-4-6-13/h10-11H,3-9,13H2,1-2H3. The van der Waals surface area contributed by atoms with E-state index in [2.05, 4.69) is 6.92 Å². The van der Waals surface area contributed by atoms with Crippen molar-refractivity contribution in [1.82, 2.24) is 4.90 Å². The molecule has 0 aromatic carbocycles. The van der Waals surface area contributed by atoms with E-state index in [4.69, 9.17) is 5.73 Å². The van der Waals surface area contributed by atoms with E-state index in [1.807, 2.05) is 23.6 Å². The molecule has 0 aromatic rings. The molecule has 2 N–H and O–H groups in total. The van der Waals surface area contributed by atoms with Gasteiger partial charge in [0.2, 0.25) is 5.91 Å². The summed E-state index contributed by atoms with van der Waals surface area (Å²) in [5.74, 6) is 1.56. The van der Waals surface area contributed by atoms with E-state index in [-0.39, 0.29) is 5.92 Å². The van der Waals surface area contributed by atoms with Gasteiger partial charge in [-0.25, -0.2) is 0 Å². The van der Waals surface area contributed by atoms with E-state index >= 15 is 0 Å². The third-order valence-corrected chi connectivity index (χ3v) is 4.54. The minimum absolute atomic E-state index is 0.143. The van der Waals surface area contributed by atoms with Crippen molar-refractivity contribution in [2.45, 2.75) is 38.4 Å². The number of hydrogen-bond donors (Lipinski definition) is 1. The van der Waals surface area contributed by atoms with Crippen molar-refractivity contribution in [3.63, 3.8) is 0 Å². The van der Waals surface area contributed by atoms with Crippen molar-refractivity contribution < 1.29 is 4.79 Å². The van der Waals surface area contributed by atoms with Gasteiger partial charge in [0.25, 0.3) is 0 Å². The average molecular weight is 244 g/mol. The van der Waals surface area contributed by atoms with E-state index in [1.54, 1.807) is 0 Å². The lowest BCUT2D eigenvalue weighted by molar-refractivity contribution is -0.135. The minimum Gasteiger partial charge on any atom is -0.341 e. The molecule has 0 aliphatic carbocycles. The van der Waals surface area contributed by atoms with Crippen LogP contribution < -0.4 is 5.73 Å². The second kappa shape index (κ2) is 7.17. The first-order chi connectivity index (χ1) is 7.69. The molecule has 2 atom stereocenters. The highest BCUT2D eigenvalue weighted by molar-refractivity contribution is 8.00. The second-order valence-electron chi connectivity index (χ2n) is 4.52. The van der Waals surface area contributed by atoms with Crippen LogP contribution >= 0.6 is 11.8 Å². The summed E-state index contributed by atoms with van der Waals surface area (Å²) in [4.78, 5) is 14.2. The van der Waals surface area contributed by atoms with Gasteiger partial charge in [0, 0.05) is 30.0 Å². The van der Waals surface area contributed by atoms with Crippen LogP contribution in [0.2, 0.25) is 0 Å². The molecule has 0 spiro atoms. The molecule has 0 saturated carbocycles. The molecule has 2 unspecified atom stereocenters. The summed E-state index contributed by atoms with van der Waals surface area (Å²) in [6, 6.07) is 0. The summed E-state index contributed by atoms with van der Waals surface area (Å²) in [6.45, 7) is 6.77. The normalized spacial score (nSPS) is 23.2. The van der Waals surface area contributed by atoms with E-state index in [9.17, 15) is 4.79 Å². The maximum absolute atomic E-state index is 12.1. The number of carbonyl (C=O) groups excluding carboxylic acids is 1. The largest absolute Gasteiger partial charge is 0.341 e. The smallest absolute Gasteiger partial charge is 0.225 e. The maximum atomic E-state index is 12.1. The van der Waals surface area contributed by atoms with Crippen LogP contribution in [0.25, 0.3) is 0 Å². The van der Waals surface area contributed by atoms with Gasteiger partial charge in [-0.3, -0.25) is 4.79 Å². The highest BCUT2D eigenvalue weighted by atomic mass is 32.2. The number of hydrogen-bond acceptors (Lipinski definition) is 3. The van der Waals surface area contributed by atoms with Crippen LogP contribution in [-0.2, 0) is 4.79 Å². The number of rotatable bonds is 5. The van der Waals surface area contributed by atoms with Crippen molar-refractivity contribution in [3.8, 4) is 0 Å². The van der Waals surface area contributed by atoms with Crippen molar-refractivity contribution in [2.24, 2.45) is 11.7 Å². The van der Waals surface area contributed by atoms with Gasteiger partial charge in [-0.1, -0.05) is 13.8 Å². The predicted octanol–water partition coefficient (Wildman–Crippen LogP) is 1.72. The maximum Gasteiger partial charge on any atom is 0.225 e. The number of amides is 1. The van der Waals surface area contributed by atoms with E-state index in [0.717, 1.165) is 38.1 Å². The highest BCUT2D eigenvalue weighted by Gasteiger charge is 2.25. The van der Waals surface area contributed by atoms with Crippen LogP contribution in [0.3, 0.4) is 0 Å². The van der Waals surface area contributed by atoms with E-state index in [1.165, 1.54) is 0 Å². The fourth-order valence-electron chi connectivity index (χ4n) is 2.03. The number of nitrogens with zero attached hydrogens (tertiary/aromatic N) is 1. The lowest BCUT2D eigenvalue weighted by Crippen LogP contribution is -2.44. The van der Waals surface area contributed by atoms with Gasteiger partial charge in [0.1, 0.15) is 0 Å². The molecule has 0 bridgehead atoms. The van der Waals surface area contributed by atoms with Crippen LogP contribution in [0.1, 0.15) is 33.1 Å². The van der Waals surface area contributed by atoms with Gasteiger partial charge in [-0.15, -0.1) is 0 Å². The topological polar surface area (TPSA) is 46.3 Å². The zero-order valence-electron chi connectivity index (χ0n) is 10.4. The van der Waals surface area contributed by atoms with Crippen molar-refractivity contribution >= 4 is 17.7 Å². The third kappa shape index (κ3) is 3.98. The van der Waals surface area contributed by atoms with Gasteiger partial charge >= 0.3 is 0 Å². The molecule has 16 heavy (non-hydrogen) atoms. The Morgan fingerprint density at radius 1 is 1.62 bits per heavy atom. The Morgan fingerprint density at radius 3 is 3.00 bits per heavy atom. The molecule has 94 valence electrons. The fraction of sp³-hybridized carbons (Fsp3) is 0.917. The molecule has 4 heteroatoms. The first-order valence-corrected chi connectivity index (χ1v) is 7.34. The Hall–Kier alpha value is -0.220. The van der Waals surface area contributed by atoms with E-state index < -0.39 is 0 Å². The van der Waals surface area contributed by atoms with Crippen LogP contribution in [0, 0.1) is 5.92 Å². The van der Waals surface area contributed by atoms with Gasteiger partial charge in [-0.2, -0.15) is 11.8 Å². The summed E-state index contributed by atoms with van der Waals surface area (Å²) in [6.07, 6.45) is 3.04. The van der Waals surface area contributed by atoms with Gasteiger partial charge < -0.3 is 10.6 Å². The van der Waals surface area contributed by atoms with Crippen molar-refractivity contribution in [2.75, 3.05) is 25.4 Å². The number of nitrogens with two attached hydrogens (primary N) is 1. The molecule has 3 nitrogen and oxygen atoms in total. The van der Waals surface area contributed by atoms with Crippen LogP contribution in [0.5, 0.6) is 0 Å². The Morgan fingerprint density at radius 2 is 2.38 bits per heavy atom. The predicted molar refractivity (Wildman–Crippen MR) is 70.6 cm³/mol. The second-order valence-corrected chi connectivity index (χ2v) is 5.93. The summed E-state index contributed by atoms with van der Waals surface area (Å²) in [5.41, 5.74) is 5.47. The monoisotopic (exact) mass is 244 g/mol. The van der Waals surface area contributed by atoms with E-state index in [0.29, 0.717) is 17.7 Å². The average Bonchev–Trinajstić information content (AvgIpc) is 2.35. The van der Waals surface area contributed by atoms with Crippen LogP contribution in [0.4, 0.5) is 0 Å². The molecule has 1 rings (SSSR count). The Labute approximate surface area is 103 Å². The molecule has 0 aromatic heterocycles. The quantitative estimate of drug-likeness (QED) is 0.801. The Kier molecular flexibility index (Phi) is 6.21. The molecule has 1 fully saturated rings. The van der Waals surface area contributed by atoms with Crippen molar-refractivity contribution in [1.29, 1.82) is 0 Å². The molecule has 1 amide bonds. The van der Waals surface area contributed by atoms with Crippen LogP contribution in [-0.4, -0.2) is 41.4 Å². The first-order valence-electron chi connectivity index (χ1n) is 6.29. The third-order valence-electron chi connectivity index (χ3n) is 3.17. The Bertz CT molecular complexity index is 223. The zero-order valence-corrected chi connectivity index (χ0v) is 11.3. The minimum atomic E-state index is 0.143. The number of carbonyl (C=O) groups is 1. The van der Waals surface area contributed by atoms with Crippen molar-refractivity contribution in [3.05, 3.63) is 0 Å². The number of thioether (sulfide) groups is 1. The molecule has 1 aliphatic rings. The summed E-state index contributed by atoms with van der Waals surface area (Å²) >= 11 is 2.00. The van der Waals surface area contributed by atoms with Gasteiger partial charge in [-0.05, 0) is 25.8 Å². The zero-order chi connectivity index (χ0) is 12.0. The van der Waals surface area contributed by atoms with Gasteiger partial charge in [0.05, 0.1) is 0 Å². The summed E-state index contributed by atoms with van der Waals surface area (Å²) in [5, 5.41) is 0.638. The first kappa shape index (κ1) is 13.8. The SMILES string of the molecule is CCC1CN(C(=O)C(C)CCCN)CCS1. The fourth-order valence-corrected chi connectivity index (χ4v) is 3.21. The summed E-state index contributed by atoms with van der Waals surface area (Å²) < 4.78 is 0. The molecule has 1 aliphatic heterocycles. The molecular formula is C12H24N2OS.